The molecule has 101 heavy (non-hydrogen) atoms. The van der Waals surface area contributed by atoms with Crippen LogP contribution < -0.4 is 42.1 Å². The van der Waals surface area contributed by atoms with Gasteiger partial charge in [0.05, 0.1) is 19.8 Å². The summed E-state index contributed by atoms with van der Waals surface area (Å²) >= 11 is 0. The minimum Gasteiger partial charge on any atom is -0.379 e. The minimum atomic E-state index is 0.638. The van der Waals surface area contributed by atoms with Crippen LogP contribution in [0.15, 0.2) is 140 Å². The molecule has 7 N–H and O–H groups in total. The van der Waals surface area contributed by atoms with Gasteiger partial charge in [-0.25, -0.2) is 19.9 Å². The fourth-order valence-electron chi connectivity index (χ4n) is 11.5. The Hall–Kier alpha value is -8.48. The Morgan fingerprint density at radius 3 is 1.30 bits per heavy atom. The van der Waals surface area contributed by atoms with Crippen molar-refractivity contribution >= 4 is 47.1 Å². The van der Waals surface area contributed by atoms with Crippen LogP contribution in [0, 0.1) is 27.7 Å². The van der Waals surface area contributed by atoms with E-state index < -0.39 is 0 Å². The molecule has 0 aliphatic carbocycles. The van der Waals surface area contributed by atoms with E-state index in [0.29, 0.717) is 38.3 Å². The maximum absolute atomic E-state index is 5.69. The van der Waals surface area contributed by atoms with E-state index in [9.17, 15) is 0 Å². The highest BCUT2D eigenvalue weighted by Crippen LogP contribution is 2.23. The number of aromatic nitrogens is 8. The molecular weight excluding hydrogens is 1250 g/mol. The first-order valence-electron chi connectivity index (χ1n) is 38.3. The molecule has 0 atom stereocenters. The number of unbranched alkanes of at least 4 members (excludes halogenated alkanes) is 13. The molecule has 548 valence electrons. The van der Waals surface area contributed by atoms with Crippen LogP contribution in [0.3, 0.4) is 0 Å². The fraction of sp³-hybridized carbons (Fsp3) is 0.518. The van der Waals surface area contributed by atoms with Crippen LogP contribution in [0.2, 0.25) is 0 Å². The molecule has 1 aliphatic rings. The lowest BCUT2D eigenvalue weighted by molar-refractivity contribution is 0.0519. The van der Waals surface area contributed by atoms with Crippen molar-refractivity contribution in [2.24, 2.45) is 0 Å². The third-order valence-electron chi connectivity index (χ3n) is 17.1. The van der Waals surface area contributed by atoms with E-state index in [1.165, 1.54) is 143 Å². The van der Waals surface area contributed by atoms with Gasteiger partial charge in [0.1, 0.15) is 23.3 Å². The van der Waals surface area contributed by atoms with Gasteiger partial charge < -0.3 is 51.6 Å². The normalized spacial score (nSPS) is 11.5. The minimum absolute atomic E-state index is 0.638. The predicted molar refractivity (Wildman–Crippen MR) is 425 cm³/mol. The van der Waals surface area contributed by atoms with Crippen molar-refractivity contribution in [3.8, 4) is 0 Å². The van der Waals surface area contributed by atoms with Crippen molar-refractivity contribution < 1.29 is 9.47 Å². The summed E-state index contributed by atoms with van der Waals surface area (Å²) in [6, 6.07) is 47.4. The molecule has 0 radical (unpaired) electrons. The Morgan fingerprint density at radius 1 is 0.337 bits per heavy atom. The number of aryl methyl sites for hydroxylation is 4. The maximum atomic E-state index is 5.69. The molecule has 4 aromatic heterocycles. The van der Waals surface area contributed by atoms with Crippen LogP contribution in [0.25, 0.3) is 0 Å². The van der Waals surface area contributed by atoms with E-state index >= 15 is 0 Å². The van der Waals surface area contributed by atoms with E-state index in [1.54, 1.807) is 0 Å². The molecule has 0 amide bonds. The molecule has 9 rings (SSSR count). The number of nitrogens with zero attached hydrogens (tertiary/aromatic N) is 9. The topological polar surface area (TPSA) is 209 Å². The second-order valence-electron chi connectivity index (χ2n) is 26.1. The fourth-order valence-corrected chi connectivity index (χ4v) is 11.5. The van der Waals surface area contributed by atoms with E-state index in [1.807, 2.05) is 74.5 Å². The SMILES string of the molecule is CCCCCCCCNc1nc(C)c(CCCCCC)c(NCCOCCOCCC)n1.CCCCCCCCNc1nc(C)cc(N2CCCC2)n1.Cc1cc(NCCc2ccccc2)nc(NCCc2ccccc2)n1.Cc1cc(NCc2ccccc2)nc(NCc2ccccc2)n1. The van der Waals surface area contributed by atoms with Crippen LogP contribution in [-0.4, -0.2) is 112 Å². The van der Waals surface area contributed by atoms with E-state index in [0.717, 1.165) is 143 Å². The van der Waals surface area contributed by atoms with Crippen molar-refractivity contribution in [1.29, 1.82) is 0 Å². The number of anilines is 8. The van der Waals surface area contributed by atoms with Crippen LogP contribution in [0.1, 0.15) is 200 Å². The highest BCUT2D eigenvalue weighted by Gasteiger charge is 2.16. The van der Waals surface area contributed by atoms with Gasteiger partial charge >= 0.3 is 0 Å². The van der Waals surface area contributed by atoms with Gasteiger partial charge in [0, 0.05) is 112 Å². The Bertz CT molecular complexity index is 3260. The summed E-state index contributed by atoms with van der Waals surface area (Å²) in [6.07, 6.45) is 27.2. The largest absolute Gasteiger partial charge is 0.379 e. The highest BCUT2D eigenvalue weighted by molar-refractivity contribution is 5.51. The van der Waals surface area contributed by atoms with E-state index in [4.69, 9.17) is 19.4 Å². The molecule has 0 spiro atoms. The molecular formula is C83H124N16O2. The van der Waals surface area contributed by atoms with E-state index in [-0.39, 0.29) is 0 Å². The zero-order chi connectivity index (χ0) is 71.4. The molecule has 18 nitrogen and oxygen atoms in total. The first-order valence-corrected chi connectivity index (χ1v) is 38.3. The summed E-state index contributed by atoms with van der Waals surface area (Å²) in [4.78, 5) is 39.1. The van der Waals surface area contributed by atoms with Gasteiger partial charge in [-0.3, -0.25) is 0 Å². The first-order chi connectivity index (χ1) is 49.6. The molecule has 4 aromatic carbocycles. The van der Waals surface area contributed by atoms with Gasteiger partial charge in [-0.1, -0.05) is 232 Å². The van der Waals surface area contributed by atoms with Crippen LogP contribution in [0.4, 0.5) is 47.1 Å². The molecule has 18 heteroatoms. The van der Waals surface area contributed by atoms with Crippen LogP contribution in [-0.2, 0) is 41.8 Å². The predicted octanol–water partition coefficient (Wildman–Crippen LogP) is 18.8. The lowest BCUT2D eigenvalue weighted by Crippen LogP contribution is -2.20. The van der Waals surface area contributed by atoms with Gasteiger partial charge in [-0.05, 0) is 108 Å². The van der Waals surface area contributed by atoms with Crippen molar-refractivity contribution in [2.75, 3.05) is 114 Å². The molecule has 1 aliphatic heterocycles. The zero-order valence-electron chi connectivity index (χ0n) is 62.9. The number of hydrogen-bond donors (Lipinski definition) is 7. The third kappa shape index (κ3) is 36.1. The van der Waals surface area contributed by atoms with Gasteiger partial charge in [-0.2, -0.15) is 19.9 Å². The van der Waals surface area contributed by atoms with Gasteiger partial charge in [0.15, 0.2) is 0 Å². The second-order valence-corrected chi connectivity index (χ2v) is 26.1. The summed E-state index contributed by atoms with van der Waals surface area (Å²) in [7, 11) is 0. The summed E-state index contributed by atoms with van der Waals surface area (Å²) < 4.78 is 11.2. The number of benzene rings is 4. The van der Waals surface area contributed by atoms with Crippen LogP contribution in [0.5, 0.6) is 0 Å². The van der Waals surface area contributed by atoms with Gasteiger partial charge in [-0.15, -0.1) is 0 Å². The average Bonchev–Trinajstić information content (AvgIpc) is 0.919. The highest BCUT2D eigenvalue weighted by atomic mass is 16.5. The van der Waals surface area contributed by atoms with Crippen molar-refractivity contribution in [1.82, 2.24) is 39.9 Å². The smallest absolute Gasteiger partial charge is 0.225 e. The average molecular weight is 1380 g/mol. The molecule has 0 bridgehead atoms. The summed E-state index contributed by atoms with van der Waals surface area (Å²) in [5.41, 5.74) is 10.3. The third-order valence-corrected chi connectivity index (χ3v) is 17.1. The van der Waals surface area contributed by atoms with Gasteiger partial charge in [0.2, 0.25) is 23.8 Å². The number of hydrogen-bond acceptors (Lipinski definition) is 18. The Kier molecular flexibility index (Phi) is 41.7. The van der Waals surface area contributed by atoms with Crippen molar-refractivity contribution in [2.45, 2.75) is 210 Å². The Morgan fingerprint density at radius 2 is 0.762 bits per heavy atom. The van der Waals surface area contributed by atoms with Crippen molar-refractivity contribution in [3.63, 3.8) is 0 Å². The standard InChI is InChI=1S/C26H50N4O2.C21H24N4.C19H20N4.C17H30N4/c1-5-8-10-12-13-15-17-28-26-29-23(4)24(16-14-11-9-6-2)25(30-26)27-18-20-32-22-21-31-19-7-3;1-17-16-20(22-14-12-18-8-4-2-5-9-18)25-21(24-17)23-15-13-19-10-6-3-7-11-19;1-15-12-18(20-13-16-8-4-2-5-9-16)23-19(22-15)21-14-17-10-6-3-7-11-17;1-3-4-5-6-7-8-11-18-17-19-15(2)14-16(20-17)21-12-9-10-13-21/h5-22H2,1-4H3,(H2,27,28,29,30);2-11,16H,12-15H2,1H3,(H2,22,23,24,25);2-12H,13-14H2,1H3,(H2,20,21,22,23);14H,3-13H2,1-2H3,(H,18,19,20). The van der Waals surface area contributed by atoms with Crippen LogP contribution >= 0.6 is 0 Å². The van der Waals surface area contributed by atoms with E-state index in [2.05, 4.69) is 192 Å². The number of nitrogens with one attached hydrogen (secondary N) is 7. The lowest BCUT2D eigenvalue weighted by Gasteiger charge is -2.17. The molecule has 1 fully saturated rings. The summed E-state index contributed by atoms with van der Waals surface area (Å²) in [5, 5.41) is 23.7. The summed E-state index contributed by atoms with van der Waals surface area (Å²) in [6.45, 7) is 27.8. The second kappa shape index (κ2) is 51.6. The molecule has 8 aromatic rings. The monoisotopic (exact) mass is 1380 g/mol. The quantitative estimate of drug-likeness (QED) is 0.0177. The van der Waals surface area contributed by atoms with Crippen molar-refractivity contribution in [3.05, 3.63) is 190 Å². The summed E-state index contributed by atoms with van der Waals surface area (Å²) in [5.74, 6) is 6.61. The van der Waals surface area contributed by atoms with Gasteiger partial charge in [0.25, 0.3) is 0 Å². The number of ether oxygens (including phenoxy) is 2. The Balaban J connectivity index is 0.000000214. The molecule has 0 unspecified atom stereocenters. The first kappa shape index (κ1) is 81.5. The molecule has 5 heterocycles. The molecule has 0 saturated carbocycles. The lowest BCUT2D eigenvalue weighted by atomic mass is 10.1. The maximum Gasteiger partial charge on any atom is 0.225 e. The zero-order valence-corrected chi connectivity index (χ0v) is 62.9. The Labute approximate surface area is 607 Å². The number of rotatable bonds is 45. The molecule has 1 saturated heterocycles.